The van der Waals surface area contributed by atoms with Gasteiger partial charge in [-0.05, 0) is 12.8 Å². The van der Waals surface area contributed by atoms with Gasteiger partial charge in [0.25, 0.3) is 0 Å². The molecule has 52 valence electrons. The average Bonchev–Trinajstić information content (AvgIpc) is 2.59. The van der Waals surface area contributed by atoms with E-state index in [1.165, 1.54) is 11.1 Å². The quantitative estimate of drug-likeness (QED) is 0.571. The van der Waals surface area contributed by atoms with Gasteiger partial charge in [-0.3, -0.25) is 0 Å². The molecule has 0 saturated carbocycles. The topological polar surface area (TPSA) is 20.2 Å². The molecule has 0 aromatic carbocycles. The van der Waals surface area contributed by atoms with Gasteiger partial charge in [0.1, 0.15) is 0 Å². The molecule has 9 heavy (non-hydrogen) atoms. The van der Waals surface area contributed by atoms with E-state index in [9.17, 15) is 0 Å². The van der Waals surface area contributed by atoms with E-state index < -0.39 is 0 Å². The van der Waals surface area contributed by atoms with Gasteiger partial charge in [0.15, 0.2) is 0 Å². The number of rotatable bonds is 3. The first-order valence-corrected chi connectivity index (χ1v) is 3.67. The summed E-state index contributed by atoms with van der Waals surface area (Å²) in [4.78, 5) is 0. The fourth-order valence-corrected chi connectivity index (χ4v) is 1.54. The van der Waals surface area contributed by atoms with Gasteiger partial charge >= 0.3 is 0 Å². The van der Waals surface area contributed by atoms with Crippen molar-refractivity contribution in [1.82, 2.24) is 0 Å². The zero-order valence-corrected chi connectivity index (χ0v) is 6.15. The standard InChI is InChI=1S/C8H14O/c1-3-6-7(4-2)8(6)5-9/h8-9H,3-5H2,1-2H3. The van der Waals surface area contributed by atoms with Crippen molar-refractivity contribution in [3.05, 3.63) is 11.1 Å². The van der Waals surface area contributed by atoms with Crippen LogP contribution >= 0.6 is 0 Å². The molecular formula is C8H14O. The lowest BCUT2D eigenvalue weighted by Crippen LogP contribution is -1.89. The Morgan fingerprint density at radius 2 is 1.67 bits per heavy atom. The summed E-state index contributed by atoms with van der Waals surface area (Å²) in [6.45, 7) is 4.65. The van der Waals surface area contributed by atoms with Gasteiger partial charge in [-0.1, -0.05) is 25.0 Å². The fourth-order valence-electron chi connectivity index (χ4n) is 1.54. The van der Waals surface area contributed by atoms with E-state index in [2.05, 4.69) is 13.8 Å². The number of hydrogen-bond donors (Lipinski definition) is 1. The molecule has 0 aliphatic heterocycles. The number of aliphatic hydroxyl groups excluding tert-OH is 1. The molecule has 1 nitrogen and oxygen atoms in total. The van der Waals surface area contributed by atoms with Crippen LogP contribution in [0.5, 0.6) is 0 Å². The summed E-state index contributed by atoms with van der Waals surface area (Å²) in [5.74, 6) is 0.486. The lowest BCUT2D eigenvalue weighted by atomic mass is 10.2. The molecule has 0 heterocycles. The molecule has 0 bridgehead atoms. The monoisotopic (exact) mass is 126 g/mol. The normalized spacial score (nSPS) is 19.0. The highest BCUT2D eigenvalue weighted by atomic mass is 16.3. The maximum Gasteiger partial charge on any atom is 0.0534 e. The Morgan fingerprint density at radius 1 is 1.22 bits per heavy atom. The Labute approximate surface area is 56.4 Å². The van der Waals surface area contributed by atoms with Crippen LogP contribution in [0, 0.1) is 5.92 Å². The second-order valence-electron chi connectivity index (χ2n) is 2.49. The van der Waals surface area contributed by atoms with Crippen LogP contribution in [-0.2, 0) is 0 Å². The molecule has 1 aliphatic rings. The second-order valence-corrected chi connectivity index (χ2v) is 2.49. The van der Waals surface area contributed by atoms with Gasteiger partial charge in [0.05, 0.1) is 6.61 Å². The molecule has 1 heteroatoms. The third-order valence-corrected chi connectivity index (χ3v) is 2.11. The minimum Gasteiger partial charge on any atom is -0.395 e. The molecule has 0 spiro atoms. The average molecular weight is 126 g/mol. The van der Waals surface area contributed by atoms with Crippen molar-refractivity contribution < 1.29 is 5.11 Å². The van der Waals surface area contributed by atoms with Gasteiger partial charge in [0.2, 0.25) is 0 Å². The highest BCUT2D eigenvalue weighted by Crippen LogP contribution is 2.42. The Balaban J connectivity index is 2.40. The SMILES string of the molecule is CCC1=C(CC)C1CO. The van der Waals surface area contributed by atoms with Crippen molar-refractivity contribution in [3.63, 3.8) is 0 Å². The molecule has 0 unspecified atom stereocenters. The number of aliphatic hydroxyl groups is 1. The maximum atomic E-state index is 8.77. The van der Waals surface area contributed by atoms with E-state index in [1.54, 1.807) is 0 Å². The molecule has 0 aromatic heterocycles. The first-order chi connectivity index (χ1) is 4.35. The van der Waals surface area contributed by atoms with Crippen molar-refractivity contribution in [2.75, 3.05) is 6.61 Å². The van der Waals surface area contributed by atoms with Crippen LogP contribution in [0.2, 0.25) is 0 Å². The Bertz CT molecular complexity index is 122. The fraction of sp³-hybridized carbons (Fsp3) is 0.750. The van der Waals surface area contributed by atoms with Crippen LogP contribution in [-0.4, -0.2) is 11.7 Å². The van der Waals surface area contributed by atoms with Gasteiger partial charge in [-0.2, -0.15) is 0 Å². The molecule has 0 fully saturated rings. The largest absolute Gasteiger partial charge is 0.395 e. The first-order valence-electron chi connectivity index (χ1n) is 3.67. The molecule has 1 aliphatic carbocycles. The predicted molar refractivity (Wildman–Crippen MR) is 38.2 cm³/mol. The van der Waals surface area contributed by atoms with Crippen molar-refractivity contribution in [3.8, 4) is 0 Å². The molecule has 0 radical (unpaired) electrons. The third-order valence-electron chi connectivity index (χ3n) is 2.11. The zero-order chi connectivity index (χ0) is 6.85. The van der Waals surface area contributed by atoms with Crippen molar-refractivity contribution >= 4 is 0 Å². The lowest BCUT2D eigenvalue weighted by molar-refractivity contribution is 0.279. The summed E-state index contributed by atoms with van der Waals surface area (Å²) in [6.07, 6.45) is 2.27. The molecule has 0 amide bonds. The summed E-state index contributed by atoms with van der Waals surface area (Å²) >= 11 is 0. The molecule has 1 N–H and O–H groups in total. The summed E-state index contributed by atoms with van der Waals surface area (Å²) in [5.41, 5.74) is 3.00. The van der Waals surface area contributed by atoms with Crippen LogP contribution in [0.4, 0.5) is 0 Å². The minimum atomic E-state index is 0.340. The maximum absolute atomic E-state index is 8.77. The van der Waals surface area contributed by atoms with E-state index in [-0.39, 0.29) is 0 Å². The van der Waals surface area contributed by atoms with Crippen molar-refractivity contribution in [1.29, 1.82) is 0 Å². The van der Waals surface area contributed by atoms with Gasteiger partial charge in [0, 0.05) is 5.92 Å². The van der Waals surface area contributed by atoms with Gasteiger partial charge in [-0.15, -0.1) is 0 Å². The summed E-state index contributed by atoms with van der Waals surface area (Å²) in [6, 6.07) is 0. The van der Waals surface area contributed by atoms with E-state index in [4.69, 9.17) is 5.11 Å². The highest BCUT2D eigenvalue weighted by molar-refractivity contribution is 5.40. The summed E-state index contributed by atoms with van der Waals surface area (Å²) in [5, 5.41) is 8.77. The zero-order valence-electron chi connectivity index (χ0n) is 6.15. The molecule has 0 aromatic rings. The van der Waals surface area contributed by atoms with E-state index in [1.807, 2.05) is 0 Å². The predicted octanol–water partition coefficient (Wildman–Crippen LogP) is 1.73. The lowest BCUT2D eigenvalue weighted by Gasteiger charge is -1.89. The Kier molecular flexibility index (Phi) is 1.91. The van der Waals surface area contributed by atoms with Crippen LogP contribution < -0.4 is 0 Å². The molecule has 0 atom stereocenters. The minimum absolute atomic E-state index is 0.340. The van der Waals surface area contributed by atoms with Crippen LogP contribution in [0.3, 0.4) is 0 Å². The van der Waals surface area contributed by atoms with Crippen LogP contribution in [0.25, 0.3) is 0 Å². The summed E-state index contributed by atoms with van der Waals surface area (Å²) in [7, 11) is 0. The van der Waals surface area contributed by atoms with Gasteiger partial charge in [-0.25, -0.2) is 0 Å². The van der Waals surface area contributed by atoms with Crippen molar-refractivity contribution in [2.45, 2.75) is 26.7 Å². The number of hydrogen-bond acceptors (Lipinski definition) is 1. The van der Waals surface area contributed by atoms with E-state index in [0.29, 0.717) is 12.5 Å². The smallest absolute Gasteiger partial charge is 0.0534 e. The van der Waals surface area contributed by atoms with Crippen LogP contribution in [0.15, 0.2) is 11.1 Å². The summed E-state index contributed by atoms with van der Waals surface area (Å²) < 4.78 is 0. The Morgan fingerprint density at radius 3 is 1.78 bits per heavy atom. The third kappa shape index (κ3) is 1.01. The van der Waals surface area contributed by atoms with E-state index in [0.717, 1.165) is 12.8 Å². The van der Waals surface area contributed by atoms with Crippen molar-refractivity contribution in [2.24, 2.45) is 5.92 Å². The molecule has 1 rings (SSSR count). The van der Waals surface area contributed by atoms with Crippen LogP contribution in [0.1, 0.15) is 26.7 Å². The first kappa shape index (κ1) is 6.81. The van der Waals surface area contributed by atoms with Gasteiger partial charge < -0.3 is 5.11 Å². The Hall–Kier alpha value is -0.300. The second kappa shape index (κ2) is 2.53. The van der Waals surface area contributed by atoms with E-state index >= 15 is 0 Å². The molecular weight excluding hydrogens is 112 g/mol. The molecule has 0 saturated heterocycles. The highest BCUT2D eigenvalue weighted by Gasteiger charge is 2.31.